The lowest BCUT2D eigenvalue weighted by Gasteiger charge is -2.34. The van der Waals surface area contributed by atoms with Crippen molar-refractivity contribution in [1.82, 2.24) is 15.2 Å². The van der Waals surface area contributed by atoms with Crippen LogP contribution in [0.4, 0.5) is 30.6 Å². The Bertz CT molecular complexity index is 1600. The Hall–Kier alpha value is -4.45. The first-order chi connectivity index (χ1) is 20.0. The monoisotopic (exact) mass is 595 g/mol. The van der Waals surface area contributed by atoms with E-state index in [0.29, 0.717) is 41.9 Å². The van der Waals surface area contributed by atoms with Crippen LogP contribution in [0, 0.1) is 11.6 Å². The fourth-order valence-electron chi connectivity index (χ4n) is 4.64. The summed E-state index contributed by atoms with van der Waals surface area (Å²) in [6.07, 6.45) is 2.42. The number of pyridine rings is 1. The second-order valence-electron chi connectivity index (χ2n) is 10.9. The second kappa shape index (κ2) is 11.8. The van der Waals surface area contributed by atoms with E-state index in [1.807, 2.05) is 0 Å². The average Bonchev–Trinajstić information content (AvgIpc) is 3.28. The third-order valence-electron chi connectivity index (χ3n) is 6.50. The van der Waals surface area contributed by atoms with E-state index in [4.69, 9.17) is 15.2 Å². The van der Waals surface area contributed by atoms with Crippen LogP contribution >= 0.6 is 11.3 Å². The summed E-state index contributed by atoms with van der Waals surface area (Å²) in [6.45, 7) is 6.24. The molecule has 1 unspecified atom stereocenters. The highest BCUT2D eigenvalue weighted by Crippen LogP contribution is 2.39. The van der Waals surface area contributed by atoms with Gasteiger partial charge < -0.3 is 30.7 Å². The quantitative estimate of drug-likeness (QED) is 0.224. The lowest BCUT2D eigenvalue weighted by molar-refractivity contribution is 0.0185. The van der Waals surface area contributed by atoms with Gasteiger partial charge in [0.1, 0.15) is 32.5 Å². The van der Waals surface area contributed by atoms with E-state index < -0.39 is 34.9 Å². The summed E-state index contributed by atoms with van der Waals surface area (Å²) in [5.74, 6) is -1.72. The number of aromatic nitrogens is 1. The van der Waals surface area contributed by atoms with E-state index in [9.17, 15) is 9.59 Å². The molecular formula is C30H31F2N5O4S. The molecule has 0 bridgehead atoms. The third-order valence-corrected chi connectivity index (χ3v) is 7.61. The Morgan fingerprint density at radius 2 is 1.81 bits per heavy atom. The highest BCUT2D eigenvalue weighted by Gasteiger charge is 2.30. The molecule has 0 aliphatic carbocycles. The van der Waals surface area contributed by atoms with Gasteiger partial charge in [-0.05, 0) is 51.8 Å². The summed E-state index contributed by atoms with van der Waals surface area (Å²) in [5.41, 5.74) is 5.81. The Morgan fingerprint density at radius 3 is 2.50 bits per heavy atom. The van der Waals surface area contributed by atoms with Crippen molar-refractivity contribution >= 4 is 50.6 Å². The van der Waals surface area contributed by atoms with Crippen molar-refractivity contribution in [2.24, 2.45) is 0 Å². The van der Waals surface area contributed by atoms with Crippen LogP contribution in [-0.2, 0) is 4.74 Å². The molecule has 2 aromatic heterocycles. The number of nitrogen functional groups attached to an aromatic ring is 1. The zero-order chi connectivity index (χ0) is 30.0. The van der Waals surface area contributed by atoms with Crippen molar-refractivity contribution in [3.05, 3.63) is 71.2 Å². The summed E-state index contributed by atoms with van der Waals surface area (Å²) in [7, 11) is 0. The smallest absolute Gasteiger partial charge is 0.410 e. The largest absolute Gasteiger partial charge is 0.457 e. The van der Waals surface area contributed by atoms with Crippen molar-refractivity contribution < 1.29 is 27.8 Å². The van der Waals surface area contributed by atoms with Crippen LogP contribution in [-0.4, -0.2) is 46.6 Å². The first kappa shape index (κ1) is 29.1. The number of piperidine rings is 1. The summed E-state index contributed by atoms with van der Waals surface area (Å²) in [6, 6.07) is 12.0. The number of amides is 2. The number of nitrogens with zero attached hydrogens (tertiary/aromatic N) is 2. The van der Waals surface area contributed by atoms with Gasteiger partial charge in [0, 0.05) is 37.5 Å². The van der Waals surface area contributed by atoms with Crippen molar-refractivity contribution in [3.63, 3.8) is 0 Å². The summed E-state index contributed by atoms with van der Waals surface area (Å²) in [4.78, 5) is 32.3. The Balaban J connectivity index is 1.33. The molecule has 0 saturated carbocycles. The predicted molar refractivity (Wildman–Crippen MR) is 158 cm³/mol. The molecule has 1 saturated heterocycles. The standard InChI is InChI=1S/C30H31F2N5O4S/c1-30(2,3)41-29(39)37-13-7-8-17(16-37)35-27(38)26-24(33)23-22(11-12-34-28(23)42-26)36-25-20(31)14-19(15-21(25)32)40-18-9-5-4-6-10-18/h4-6,9-12,14-15,17H,7-8,13,16,33H2,1-3H3,(H,34,36)(H,35,38). The number of nitrogens with one attached hydrogen (secondary N) is 2. The van der Waals surface area contributed by atoms with Gasteiger partial charge in [-0.2, -0.15) is 0 Å². The van der Waals surface area contributed by atoms with Crippen LogP contribution in [0.1, 0.15) is 43.3 Å². The van der Waals surface area contributed by atoms with Crippen LogP contribution in [0.25, 0.3) is 10.2 Å². The van der Waals surface area contributed by atoms with E-state index in [-0.39, 0.29) is 28.0 Å². The zero-order valence-corrected chi connectivity index (χ0v) is 24.2. The van der Waals surface area contributed by atoms with Gasteiger partial charge in [0.15, 0.2) is 11.6 Å². The lowest BCUT2D eigenvalue weighted by atomic mass is 10.1. The molecule has 1 fully saturated rings. The summed E-state index contributed by atoms with van der Waals surface area (Å²) < 4.78 is 41.1. The SMILES string of the molecule is CC(C)(C)OC(=O)N1CCCC(NC(=O)c2sc3nccc(Nc4c(F)cc(Oc5ccccc5)cc4F)c3c2N)C1. The van der Waals surface area contributed by atoms with E-state index in [1.54, 1.807) is 56.0 Å². The highest BCUT2D eigenvalue weighted by molar-refractivity contribution is 7.21. The van der Waals surface area contributed by atoms with Crippen LogP contribution in [0.3, 0.4) is 0 Å². The van der Waals surface area contributed by atoms with Crippen molar-refractivity contribution in [2.75, 3.05) is 24.1 Å². The number of benzene rings is 2. The molecule has 42 heavy (non-hydrogen) atoms. The number of para-hydroxylation sites is 1. The normalized spacial score (nSPS) is 15.4. The molecule has 220 valence electrons. The number of ether oxygens (including phenoxy) is 2. The number of nitrogens with two attached hydrogens (primary N) is 1. The van der Waals surface area contributed by atoms with Gasteiger partial charge in [-0.25, -0.2) is 18.6 Å². The summed E-state index contributed by atoms with van der Waals surface area (Å²) in [5, 5.41) is 6.11. The number of thiophene rings is 1. The third kappa shape index (κ3) is 6.54. The van der Waals surface area contributed by atoms with E-state index in [2.05, 4.69) is 15.6 Å². The molecule has 1 aliphatic heterocycles. The lowest BCUT2D eigenvalue weighted by Crippen LogP contribution is -2.50. The number of rotatable bonds is 6. The maximum atomic E-state index is 15.0. The number of hydrogen-bond donors (Lipinski definition) is 3. The van der Waals surface area contributed by atoms with Crippen molar-refractivity contribution in [3.8, 4) is 11.5 Å². The van der Waals surface area contributed by atoms with Crippen molar-refractivity contribution in [2.45, 2.75) is 45.3 Å². The minimum absolute atomic E-state index is 0.00331. The molecule has 3 heterocycles. The van der Waals surface area contributed by atoms with E-state index in [1.165, 1.54) is 12.3 Å². The predicted octanol–water partition coefficient (Wildman–Crippen LogP) is 6.82. The second-order valence-corrected chi connectivity index (χ2v) is 11.9. The van der Waals surface area contributed by atoms with E-state index in [0.717, 1.165) is 23.5 Å². The molecule has 9 nitrogen and oxygen atoms in total. The van der Waals surface area contributed by atoms with E-state index >= 15 is 8.78 Å². The van der Waals surface area contributed by atoms with Gasteiger partial charge in [-0.3, -0.25) is 4.79 Å². The van der Waals surface area contributed by atoms with Crippen LogP contribution in [0.15, 0.2) is 54.7 Å². The molecule has 4 aromatic rings. The number of carbonyl (C=O) groups excluding carboxylic acids is 2. The molecule has 0 radical (unpaired) electrons. The first-order valence-electron chi connectivity index (χ1n) is 13.4. The molecule has 1 atom stereocenters. The van der Waals surface area contributed by atoms with Crippen molar-refractivity contribution in [1.29, 1.82) is 0 Å². The topological polar surface area (TPSA) is 119 Å². The summed E-state index contributed by atoms with van der Waals surface area (Å²) >= 11 is 1.07. The van der Waals surface area contributed by atoms with Gasteiger partial charge in [0.25, 0.3) is 5.91 Å². The van der Waals surface area contributed by atoms with Crippen LogP contribution in [0.2, 0.25) is 0 Å². The molecule has 4 N–H and O–H groups in total. The average molecular weight is 596 g/mol. The number of fused-ring (bicyclic) bond motifs is 1. The highest BCUT2D eigenvalue weighted by atomic mass is 32.1. The molecule has 2 amide bonds. The number of hydrogen-bond acceptors (Lipinski definition) is 8. The molecule has 5 rings (SSSR count). The van der Waals surface area contributed by atoms with Gasteiger partial charge in [-0.1, -0.05) is 18.2 Å². The van der Waals surface area contributed by atoms with Gasteiger partial charge in [0.05, 0.1) is 16.8 Å². The van der Waals surface area contributed by atoms with Gasteiger partial charge in [0.2, 0.25) is 0 Å². The molecule has 12 heteroatoms. The Labute approximate surface area is 245 Å². The van der Waals surface area contributed by atoms with Crippen LogP contribution in [0.5, 0.6) is 11.5 Å². The fraction of sp³-hybridized carbons (Fsp3) is 0.300. The molecule has 2 aromatic carbocycles. The maximum Gasteiger partial charge on any atom is 0.410 e. The van der Waals surface area contributed by atoms with Gasteiger partial charge >= 0.3 is 6.09 Å². The minimum Gasteiger partial charge on any atom is -0.457 e. The minimum atomic E-state index is -0.871. The molecule has 1 aliphatic rings. The van der Waals surface area contributed by atoms with Crippen LogP contribution < -0.4 is 21.1 Å². The number of likely N-dealkylation sites (tertiary alicyclic amines) is 1. The first-order valence-corrected chi connectivity index (χ1v) is 14.2. The fourth-order valence-corrected chi connectivity index (χ4v) is 5.64. The Kier molecular flexibility index (Phi) is 8.17. The number of halogens is 2. The number of anilines is 3. The molecule has 0 spiro atoms. The zero-order valence-electron chi connectivity index (χ0n) is 23.4. The van der Waals surface area contributed by atoms with Gasteiger partial charge in [-0.15, -0.1) is 11.3 Å². The number of carbonyl (C=O) groups is 2. The molecular weight excluding hydrogens is 564 g/mol. The maximum absolute atomic E-state index is 15.0. The Morgan fingerprint density at radius 1 is 1.10 bits per heavy atom.